The molecule has 22 heavy (non-hydrogen) atoms. The number of hydrogen-bond acceptors (Lipinski definition) is 5. The van der Waals surface area contributed by atoms with E-state index in [1.807, 2.05) is 11.8 Å². The molecule has 1 aromatic carbocycles. The van der Waals surface area contributed by atoms with Crippen LogP contribution in [0, 0.1) is 0 Å². The quantitative estimate of drug-likeness (QED) is 0.600. The van der Waals surface area contributed by atoms with Crippen LogP contribution in [0.3, 0.4) is 0 Å². The number of phenols is 1. The molecule has 0 saturated carbocycles. The minimum atomic E-state index is -1.32. The van der Waals surface area contributed by atoms with E-state index in [1.165, 1.54) is 31.0 Å². The van der Waals surface area contributed by atoms with E-state index in [1.54, 1.807) is 0 Å². The molecule has 0 atom stereocenters. The number of aromatic hydroxyl groups is 1. The standard InChI is InChI=1S/C15H21NO5S/c1-2-3-9-22-10-5-8-21-15(20)16-11-6-4-7-12(17)13(11)14(18)19/h4,6-7,17H,2-3,5,8-10H2,1H3,(H,16,20)(H,18,19). The molecule has 1 amide bonds. The van der Waals surface area contributed by atoms with Gasteiger partial charge in [0.15, 0.2) is 0 Å². The van der Waals surface area contributed by atoms with Gasteiger partial charge in [0.25, 0.3) is 0 Å². The van der Waals surface area contributed by atoms with E-state index >= 15 is 0 Å². The van der Waals surface area contributed by atoms with Gasteiger partial charge in [0.2, 0.25) is 0 Å². The van der Waals surface area contributed by atoms with Crippen LogP contribution in [0.5, 0.6) is 5.75 Å². The fourth-order valence-electron chi connectivity index (χ4n) is 1.69. The van der Waals surface area contributed by atoms with E-state index in [0.29, 0.717) is 0 Å². The molecular formula is C15H21NO5S. The second-order valence-electron chi connectivity index (χ2n) is 4.59. The van der Waals surface area contributed by atoms with Gasteiger partial charge in [-0.2, -0.15) is 11.8 Å². The monoisotopic (exact) mass is 327 g/mol. The van der Waals surface area contributed by atoms with Crippen LogP contribution in [0.1, 0.15) is 36.5 Å². The summed E-state index contributed by atoms with van der Waals surface area (Å²) in [5.41, 5.74) is -0.343. The highest BCUT2D eigenvalue weighted by molar-refractivity contribution is 7.99. The van der Waals surface area contributed by atoms with Gasteiger partial charge in [-0.1, -0.05) is 19.4 Å². The van der Waals surface area contributed by atoms with E-state index in [-0.39, 0.29) is 17.9 Å². The third kappa shape index (κ3) is 6.26. The summed E-state index contributed by atoms with van der Waals surface area (Å²) in [5.74, 6) is 0.298. The minimum Gasteiger partial charge on any atom is -0.507 e. The number of ether oxygens (including phenoxy) is 1. The maximum atomic E-state index is 11.6. The van der Waals surface area contributed by atoms with Gasteiger partial charge in [-0.3, -0.25) is 5.32 Å². The van der Waals surface area contributed by atoms with Crippen molar-refractivity contribution in [3.63, 3.8) is 0 Å². The molecule has 6 nitrogen and oxygen atoms in total. The molecule has 0 aliphatic carbocycles. The Labute approximate surface area is 133 Å². The van der Waals surface area contributed by atoms with E-state index in [4.69, 9.17) is 9.84 Å². The lowest BCUT2D eigenvalue weighted by molar-refractivity contribution is 0.0695. The number of carbonyl (C=O) groups excluding carboxylic acids is 1. The minimum absolute atomic E-state index is 0.00909. The lowest BCUT2D eigenvalue weighted by atomic mass is 10.1. The lowest BCUT2D eigenvalue weighted by Crippen LogP contribution is -2.17. The van der Waals surface area contributed by atoms with Crippen molar-refractivity contribution >= 4 is 29.5 Å². The van der Waals surface area contributed by atoms with E-state index in [0.717, 1.165) is 17.9 Å². The molecular weight excluding hydrogens is 306 g/mol. The van der Waals surface area contributed by atoms with Crippen LogP contribution in [0.2, 0.25) is 0 Å². The maximum absolute atomic E-state index is 11.6. The van der Waals surface area contributed by atoms with Crippen molar-refractivity contribution in [1.82, 2.24) is 0 Å². The number of hydrogen-bond donors (Lipinski definition) is 3. The molecule has 0 fully saturated rings. The molecule has 0 aliphatic heterocycles. The number of benzene rings is 1. The summed E-state index contributed by atoms with van der Waals surface area (Å²) in [6, 6.07) is 4.08. The van der Waals surface area contributed by atoms with Gasteiger partial charge >= 0.3 is 12.1 Å². The summed E-state index contributed by atoms with van der Waals surface area (Å²) < 4.78 is 4.99. The third-order valence-electron chi connectivity index (χ3n) is 2.80. The number of carbonyl (C=O) groups is 2. The van der Waals surface area contributed by atoms with Crippen LogP contribution in [0.4, 0.5) is 10.5 Å². The SMILES string of the molecule is CCCCSCCCOC(=O)Nc1cccc(O)c1C(=O)O. The number of rotatable bonds is 9. The largest absolute Gasteiger partial charge is 0.507 e. The van der Waals surface area contributed by atoms with Crippen LogP contribution >= 0.6 is 11.8 Å². The number of unbranched alkanes of at least 4 members (excludes halogenated alkanes) is 1. The summed E-state index contributed by atoms with van der Waals surface area (Å²) in [7, 11) is 0. The first-order valence-corrected chi connectivity index (χ1v) is 8.28. The highest BCUT2D eigenvalue weighted by Crippen LogP contribution is 2.25. The van der Waals surface area contributed by atoms with E-state index in [2.05, 4.69) is 12.2 Å². The van der Waals surface area contributed by atoms with Gasteiger partial charge in [-0.15, -0.1) is 0 Å². The van der Waals surface area contributed by atoms with Crippen molar-refractivity contribution in [2.75, 3.05) is 23.4 Å². The summed E-state index contributed by atoms with van der Waals surface area (Å²) in [4.78, 5) is 22.7. The van der Waals surface area contributed by atoms with Crippen LogP contribution < -0.4 is 5.32 Å². The molecule has 0 spiro atoms. The molecule has 1 rings (SSSR count). The zero-order valence-electron chi connectivity index (χ0n) is 12.5. The van der Waals surface area contributed by atoms with Crippen molar-refractivity contribution in [2.45, 2.75) is 26.2 Å². The van der Waals surface area contributed by atoms with Crippen molar-refractivity contribution in [3.8, 4) is 5.75 Å². The fourth-order valence-corrected chi connectivity index (χ4v) is 2.71. The molecule has 0 heterocycles. The molecule has 3 N–H and O–H groups in total. The first-order chi connectivity index (χ1) is 10.6. The smallest absolute Gasteiger partial charge is 0.411 e. The van der Waals surface area contributed by atoms with Gasteiger partial charge in [-0.05, 0) is 36.5 Å². The van der Waals surface area contributed by atoms with Gasteiger partial charge in [0.05, 0.1) is 12.3 Å². The summed E-state index contributed by atoms with van der Waals surface area (Å²) in [5, 5.41) is 20.9. The predicted molar refractivity (Wildman–Crippen MR) is 86.9 cm³/mol. The Bertz CT molecular complexity index is 507. The van der Waals surface area contributed by atoms with Crippen LogP contribution in [0.25, 0.3) is 0 Å². The molecule has 0 saturated heterocycles. The second kappa shape index (κ2) is 9.94. The molecule has 0 aromatic heterocycles. The Morgan fingerprint density at radius 3 is 2.68 bits per heavy atom. The molecule has 122 valence electrons. The summed E-state index contributed by atoms with van der Waals surface area (Å²) in [6.07, 6.45) is 2.36. The Morgan fingerprint density at radius 1 is 1.27 bits per heavy atom. The second-order valence-corrected chi connectivity index (χ2v) is 5.81. The van der Waals surface area contributed by atoms with E-state index in [9.17, 15) is 14.7 Å². The van der Waals surface area contributed by atoms with Crippen LogP contribution in [-0.4, -0.2) is 40.4 Å². The molecule has 0 unspecified atom stereocenters. The molecule has 0 aliphatic rings. The molecule has 1 aromatic rings. The number of nitrogens with one attached hydrogen (secondary N) is 1. The maximum Gasteiger partial charge on any atom is 0.411 e. The summed E-state index contributed by atoms with van der Waals surface area (Å²) >= 11 is 1.82. The lowest BCUT2D eigenvalue weighted by Gasteiger charge is -2.10. The molecule has 7 heteroatoms. The highest BCUT2D eigenvalue weighted by Gasteiger charge is 2.17. The van der Waals surface area contributed by atoms with Crippen LogP contribution in [0.15, 0.2) is 18.2 Å². The molecule has 0 bridgehead atoms. The summed E-state index contributed by atoms with van der Waals surface area (Å²) in [6.45, 7) is 2.41. The number of aromatic carboxylic acids is 1. The number of carboxylic acid groups (broad SMARTS) is 1. The van der Waals surface area contributed by atoms with E-state index < -0.39 is 17.8 Å². The Hall–Kier alpha value is -1.89. The Balaban J connectivity index is 2.37. The number of thioether (sulfide) groups is 1. The zero-order chi connectivity index (χ0) is 16.4. The van der Waals surface area contributed by atoms with Gasteiger partial charge in [0.1, 0.15) is 11.3 Å². The van der Waals surface area contributed by atoms with Crippen molar-refractivity contribution in [2.24, 2.45) is 0 Å². The average molecular weight is 327 g/mol. The van der Waals surface area contributed by atoms with Crippen molar-refractivity contribution in [3.05, 3.63) is 23.8 Å². The predicted octanol–water partition coefficient (Wildman–Crippen LogP) is 3.56. The highest BCUT2D eigenvalue weighted by atomic mass is 32.2. The zero-order valence-corrected chi connectivity index (χ0v) is 13.3. The normalized spacial score (nSPS) is 10.2. The first kappa shape index (κ1) is 18.2. The topological polar surface area (TPSA) is 95.9 Å². The van der Waals surface area contributed by atoms with Gasteiger partial charge in [0, 0.05) is 0 Å². The fraction of sp³-hybridized carbons (Fsp3) is 0.467. The average Bonchev–Trinajstić information content (AvgIpc) is 2.46. The van der Waals surface area contributed by atoms with Crippen molar-refractivity contribution in [1.29, 1.82) is 0 Å². The van der Waals surface area contributed by atoms with Crippen molar-refractivity contribution < 1.29 is 24.5 Å². The van der Waals surface area contributed by atoms with Gasteiger partial charge in [-0.25, -0.2) is 9.59 Å². The third-order valence-corrected chi connectivity index (χ3v) is 3.96. The van der Waals surface area contributed by atoms with Crippen LogP contribution in [-0.2, 0) is 4.74 Å². The molecule has 0 radical (unpaired) electrons. The Morgan fingerprint density at radius 2 is 2.00 bits per heavy atom. The van der Waals surface area contributed by atoms with Gasteiger partial charge < -0.3 is 14.9 Å². The Kier molecular flexibility index (Phi) is 8.21. The number of anilines is 1. The first-order valence-electron chi connectivity index (χ1n) is 7.13. The number of amides is 1. The number of carboxylic acids is 1.